The van der Waals surface area contributed by atoms with Gasteiger partial charge in [-0.2, -0.15) is 0 Å². The highest BCUT2D eigenvalue weighted by atomic mass is 32.1. The monoisotopic (exact) mass is 564 g/mol. The number of benzene rings is 2. The minimum atomic E-state index is -0.881. The molecule has 40 heavy (non-hydrogen) atoms. The fraction of sp³-hybridized carbons (Fsp3) is 0.300. The molecule has 0 spiro atoms. The van der Waals surface area contributed by atoms with Gasteiger partial charge >= 0.3 is 5.97 Å². The zero-order chi connectivity index (χ0) is 28.8. The molecule has 0 saturated carbocycles. The van der Waals surface area contributed by atoms with Crippen LogP contribution in [0, 0.1) is 0 Å². The summed E-state index contributed by atoms with van der Waals surface area (Å²) < 4.78 is 27.8. The molecule has 10 heteroatoms. The maximum absolute atomic E-state index is 14.0. The number of fused-ring (bicyclic) bond motifs is 1. The molecule has 0 aromatic heterocycles. The standard InChI is InChI=1S/C30H32N2O7S/c1-6-13-37-22-12-10-21(16-25(22)35-7-2)27-26(29(34)36-8-3)19(5)31-30(40)32(27)28(33)18(4)14-20-9-11-23-24(15-20)39-17-38-23/h6,9-12,14-16,27H,1,7-8,13,17H2,2-5H3,(H,31,40)/b18-14+. The van der Waals surface area contributed by atoms with E-state index in [1.807, 2.05) is 13.0 Å². The maximum atomic E-state index is 14.0. The summed E-state index contributed by atoms with van der Waals surface area (Å²) in [5, 5.41) is 3.17. The van der Waals surface area contributed by atoms with E-state index in [1.165, 1.54) is 4.90 Å². The van der Waals surface area contributed by atoms with Gasteiger partial charge in [0.1, 0.15) is 6.61 Å². The third kappa shape index (κ3) is 5.96. The molecule has 2 heterocycles. The summed E-state index contributed by atoms with van der Waals surface area (Å²) in [4.78, 5) is 28.7. The van der Waals surface area contributed by atoms with Crippen LogP contribution in [0.1, 0.15) is 44.9 Å². The molecule has 0 fully saturated rings. The zero-order valence-corrected chi connectivity index (χ0v) is 23.8. The van der Waals surface area contributed by atoms with E-state index in [-0.39, 0.29) is 30.0 Å². The van der Waals surface area contributed by atoms with E-state index in [0.29, 0.717) is 53.0 Å². The third-order valence-corrected chi connectivity index (χ3v) is 6.52. The van der Waals surface area contributed by atoms with Crippen molar-refractivity contribution in [2.24, 2.45) is 0 Å². The highest BCUT2D eigenvalue weighted by Gasteiger charge is 2.41. The van der Waals surface area contributed by atoms with Gasteiger partial charge in [0.2, 0.25) is 6.79 Å². The number of thiocarbonyl (C=S) groups is 1. The first kappa shape index (κ1) is 28.7. The molecule has 0 saturated heterocycles. The van der Waals surface area contributed by atoms with Crippen molar-refractivity contribution < 1.29 is 33.3 Å². The van der Waals surface area contributed by atoms with Crippen LogP contribution < -0.4 is 24.3 Å². The van der Waals surface area contributed by atoms with Crippen molar-refractivity contribution in [1.29, 1.82) is 0 Å². The van der Waals surface area contributed by atoms with E-state index < -0.39 is 12.0 Å². The summed E-state index contributed by atoms with van der Waals surface area (Å²) in [6.45, 7) is 11.7. The molecule has 9 nitrogen and oxygen atoms in total. The van der Waals surface area contributed by atoms with Crippen molar-refractivity contribution in [2.45, 2.75) is 33.7 Å². The Balaban J connectivity index is 1.79. The van der Waals surface area contributed by atoms with Gasteiger partial charge in [-0.15, -0.1) is 0 Å². The van der Waals surface area contributed by atoms with E-state index in [1.54, 1.807) is 63.3 Å². The Hall–Kier alpha value is -4.31. The van der Waals surface area contributed by atoms with Gasteiger partial charge in [0, 0.05) is 11.3 Å². The highest BCUT2D eigenvalue weighted by molar-refractivity contribution is 7.80. The number of esters is 1. The molecule has 2 aliphatic heterocycles. The molecule has 4 rings (SSSR count). The maximum Gasteiger partial charge on any atom is 0.338 e. The topological polar surface area (TPSA) is 95.6 Å². The van der Waals surface area contributed by atoms with Crippen LogP contribution in [0.2, 0.25) is 0 Å². The molecule has 2 aromatic carbocycles. The van der Waals surface area contributed by atoms with Crippen molar-refractivity contribution in [1.82, 2.24) is 10.2 Å². The summed E-state index contributed by atoms with van der Waals surface area (Å²) in [6.07, 6.45) is 3.37. The Morgan fingerprint density at radius 1 is 1.10 bits per heavy atom. The molecule has 1 N–H and O–H groups in total. The van der Waals surface area contributed by atoms with Gasteiger partial charge in [0.15, 0.2) is 28.1 Å². The normalized spacial score (nSPS) is 16.4. The second-order valence-electron chi connectivity index (χ2n) is 8.95. The average molecular weight is 565 g/mol. The Morgan fingerprint density at radius 3 is 2.60 bits per heavy atom. The van der Waals surface area contributed by atoms with Crippen LogP contribution >= 0.6 is 12.2 Å². The van der Waals surface area contributed by atoms with E-state index in [0.717, 1.165) is 5.56 Å². The van der Waals surface area contributed by atoms with Gasteiger partial charge in [-0.05, 0) is 81.4 Å². The predicted octanol–water partition coefficient (Wildman–Crippen LogP) is 5.08. The number of hydrogen-bond donors (Lipinski definition) is 1. The molecule has 0 bridgehead atoms. The number of amides is 1. The Morgan fingerprint density at radius 2 is 1.88 bits per heavy atom. The fourth-order valence-electron chi connectivity index (χ4n) is 4.47. The fourth-order valence-corrected chi connectivity index (χ4v) is 4.82. The summed E-state index contributed by atoms with van der Waals surface area (Å²) in [5.74, 6) is 1.28. The van der Waals surface area contributed by atoms with Crippen molar-refractivity contribution in [2.75, 3.05) is 26.6 Å². The van der Waals surface area contributed by atoms with Crippen molar-refractivity contribution in [3.63, 3.8) is 0 Å². The first-order valence-electron chi connectivity index (χ1n) is 12.9. The number of allylic oxidation sites excluding steroid dienone is 1. The Labute approximate surface area is 239 Å². The van der Waals surface area contributed by atoms with Crippen LogP contribution in [0.5, 0.6) is 23.0 Å². The number of hydrogen-bond acceptors (Lipinski definition) is 8. The number of nitrogens with zero attached hydrogens (tertiary/aromatic N) is 1. The van der Waals surface area contributed by atoms with Gasteiger partial charge < -0.3 is 29.0 Å². The number of nitrogens with one attached hydrogen (secondary N) is 1. The van der Waals surface area contributed by atoms with Crippen LogP contribution in [0.15, 0.2) is 65.9 Å². The van der Waals surface area contributed by atoms with Crippen LogP contribution in [-0.4, -0.2) is 48.5 Å². The van der Waals surface area contributed by atoms with Gasteiger partial charge in [-0.1, -0.05) is 24.8 Å². The third-order valence-electron chi connectivity index (χ3n) is 6.22. The van der Waals surface area contributed by atoms with E-state index in [4.69, 9.17) is 35.9 Å². The SMILES string of the molecule is C=CCOc1ccc(C2C(C(=O)OCC)=C(C)NC(=S)N2C(=O)/C(C)=C/c2ccc3c(c2)OCO3)cc1OCC. The first-order chi connectivity index (χ1) is 19.3. The van der Waals surface area contributed by atoms with Crippen LogP contribution in [0.25, 0.3) is 6.08 Å². The molecule has 0 radical (unpaired) electrons. The summed E-state index contributed by atoms with van der Waals surface area (Å²) in [6, 6.07) is 9.82. The lowest BCUT2D eigenvalue weighted by atomic mass is 9.92. The molecule has 210 valence electrons. The lowest BCUT2D eigenvalue weighted by Gasteiger charge is -2.38. The molecular formula is C30H32N2O7S. The lowest BCUT2D eigenvalue weighted by molar-refractivity contribution is -0.139. The second-order valence-corrected chi connectivity index (χ2v) is 9.33. The lowest BCUT2D eigenvalue weighted by Crippen LogP contribution is -2.51. The van der Waals surface area contributed by atoms with Gasteiger partial charge in [-0.25, -0.2) is 4.79 Å². The van der Waals surface area contributed by atoms with Gasteiger partial charge in [0.25, 0.3) is 5.91 Å². The highest BCUT2D eigenvalue weighted by Crippen LogP contribution is 2.40. The minimum Gasteiger partial charge on any atom is -0.490 e. The van der Waals surface area contributed by atoms with Crippen LogP contribution in [0.4, 0.5) is 0 Å². The summed E-state index contributed by atoms with van der Waals surface area (Å²) >= 11 is 5.65. The summed E-state index contributed by atoms with van der Waals surface area (Å²) in [7, 11) is 0. The van der Waals surface area contributed by atoms with Crippen molar-refractivity contribution in [3.8, 4) is 23.0 Å². The summed E-state index contributed by atoms with van der Waals surface area (Å²) in [5.41, 5.74) is 2.51. The number of carbonyl (C=O) groups is 2. The molecule has 2 aromatic rings. The quantitative estimate of drug-likeness (QED) is 0.184. The molecule has 1 amide bonds. The molecule has 2 aliphatic rings. The molecule has 1 atom stereocenters. The zero-order valence-electron chi connectivity index (χ0n) is 22.9. The Bertz CT molecular complexity index is 1400. The Kier molecular flexibility index (Phi) is 9.11. The van der Waals surface area contributed by atoms with Crippen LogP contribution in [0.3, 0.4) is 0 Å². The number of carbonyl (C=O) groups excluding carboxylic acids is 2. The van der Waals surface area contributed by atoms with Gasteiger partial charge in [-0.3, -0.25) is 9.69 Å². The number of rotatable bonds is 10. The van der Waals surface area contributed by atoms with Gasteiger partial charge in [0.05, 0.1) is 24.8 Å². The van der Waals surface area contributed by atoms with E-state index in [2.05, 4.69) is 11.9 Å². The minimum absolute atomic E-state index is 0.152. The first-order valence-corrected chi connectivity index (χ1v) is 13.3. The van der Waals surface area contributed by atoms with Crippen molar-refractivity contribution >= 4 is 35.3 Å². The second kappa shape index (κ2) is 12.7. The van der Waals surface area contributed by atoms with E-state index >= 15 is 0 Å². The number of ether oxygens (including phenoxy) is 5. The molecule has 1 unspecified atom stereocenters. The molecule has 0 aliphatic carbocycles. The predicted molar refractivity (Wildman–Crippen MR) is 154 cm³/mol. The van der Waals surface area contributed by atoms with Crippen molar-refractivity contribution in [3.05, 3.63) is 77.0 Å². The smallest absolute Gasteiger partial charge is 0.338 e. The van der Waals surface area contributed by atoms with Crippen LogP contribution in [-0.2, 0) is 14.3 Å². The average Bonchev–Trinajstić information content (AvgIpc) is 3.40. The molecular weight excluding hydrogens is 532 g/mol. The van der Waals surface area contributed by atoms with E-state index in [9.17, 15) is 9.59 Å². The largest absolute Gasteiger partial charge is 0.490 e.